The van der Waals surface area contributed by atoms with Crippen LogP contribution < -0.4 is 0 Å². The van der Waals surface area contributed by atoms with Gasteiger partial charge in [-0.2, -0.15) is 0 Å². The van der Waals surface area contributed by atoms with Gasteiger partial charge < -0.3 is 0 Å². The van der Waals surface area contributed by atoms with E-state index in [0.717, 1.165) is 82.2 Å². The molecule has 2 heteroatoms. The molecule has 432 valence electrons. The van der Waals surface area contributed by atoms with Crippen molar-refractivity contribution in [2.45, 2.75) is 303 Å². The first-order valence-corrected chi connectivity index (χ1v) is 31.6. The molecular weight excluding hydrogens is 903 g/mol. The van der Waals surface area contributed by atoms with Crippen LogP contribution in [0.15, 0.2) is 66.9 Å². The van der Waals surface area contributed by atoms with Crippen LogP contribution >= 0.6 is 0 Å². The maximum absolute atomic E-state index is 13.1. The van der Waals surface area contributed by atoms with E-state index in [4.69, 9.17) is 0 Å². The molecule has 0 heterocycles. The third-order valence-corrected chi connectivity index (χ3v) is 17.7. The molecule has 0 amide bonds. The summed E-state index contributed by atoms with van der Waals surface area (Å²) < 4.78 is 26.2. The van der Waals surface area contributed by atoms with Gasteiger partial charge in [-0.25, -0.2) is 8.78 Å². The lowest BCUT2D eigenvalue weighted by molar-refractivity contribution is 0.0104. The van der Waals surface area contributed by atoms with Gasteiger partial charge in [0.15, 0.2) is 0 Å². The minimum Gasteiger partial charge on any atom is -0.206 e. The fourth-order valence-corrected chi connectivity index (χ4v) is 13.6. The molecule has 0 nitrogen and oxygen atoms in total. The smallest absolute Gasteiger partial charge is 0.206 e. The van der Waals surface area contributed by atoms with Crippen LogP contribution in [0.5, 0.6) is 0 Å². The number of hydrogen-bond donors (Lipinski definition) is 0. The van der Waals surface area contributed by atoms with Crippen molar-refractivity contribution in [3.05, 3.63) is 66.9 Å². The zero-order chi connectivity index (χ0) is 57.3. The second kappa shape index (κ2) is 32.4. The molecule has 1 unspecified atom stereocenters. The SMILES string of the molecule is CC(C)C1=C(C(C)C)CC(C)(C)C1.CC(C)C1=C(C(C)C)CC(F)(F)C1.CC(C)C1=C(C(C)C)CCC1.CC(C)C1=C(C(C)C)CCCC1.CC1CC(C(C)C)=C(C(C)C)C1.CC1CCC(C(C)C)=C(C(C)C)C1. The lowest BCUT2D eigenvalue weighted by atomic mass is 9.77. The minimum absolute atomic E-state index is 0.0157. The molecule has 1 atom stereocenters. The molecular formula is C72H130F2. The van der Waals surface area contributed by atoms with Gasteiger partial charge in [-0.15, -0.1) is 0 Å². The largest absolute Gasteiger partial charge is 0.255 e. The van der Waals surface area contributed by atoms with E-state index in [1.165, 1.54) is 89.9 Å². The molecule has 6 aliphatic carbocycles. The molecule has 6 rings (SSSR count). The molecule has 6 aliphatic rings. The summed E-state index contributed by atoms with van der Waals surface area (Å²) in [5, 5.41) is 0. The predicted octanol–water partition coefficient (Wildman–Crippen LogP) is 24.8. The first-order chi connectivity index (χ1) is 34.0. The van der Waals surface area contributed by atoms with Crippen molar-refractivity contribution in [2.75, 3.05) is 0 Å². The monoisotopic (exact) mass is 1030 g/mol. The fraction of sp³-hybridized carbons (Fsp3) is 0.833. The lowest BCUT2D eigenvalue weighted by Gasteiger charge is -2.29. The van der Waals surface area contributed by atoms with Crippen LogP contribution in [0.25, 0.3) is 0 Å². The second-order valence-electron chi connectivity index (χ2n) is 29.3. The quantitative estimate of drug-likeness (QED) is 0.171. The van der Waals surface area contributed by atoms with Crippen molar-refractivity contribution in [3.8, 4) is 0 Å². The molecule has 0 radical (unpaired) electrons. The van der Waals surface area contributed by atoms with E-state index in [9.17, 15) is 8.78 Å². The molecule has 0 spiro atoms. The summed E-state index contributed by atoms with van der Waals surface area (Å²) in [4.78, 5) is 0. The van der Waals surface area contributed by atoms with Gasteiger partial charge in [0.25, 0.3) is 5.92 Å². The van der Waals surface area contributed by atoms with E-state index >= 15 is 0 Å². The maximum Gasteiger partial charge on any atom is 0.255 e. The molecule has 74 heavy (non-hydrogen) atoms. The highest BCUT2D eigenvalue weighted by atomic mass is 19.3. The predicted molar refractivity (Wildman–Crippen MR) is 331 cm³/mol. The molecule has 0 fully saturated rings. The lowest BCUT2D eigenvalue weighted by Crippen LogP contribution is -2.14. The summed E-state index contributed by atoms with van der Waals surface area (Å²) in [5.41, 5.74) is 20.0. The Hall–Kier alpha value is -1.70. The summed E-state index contributed by atoms with van der Waals surface area (Å²) in [6.07, 6.45) is 19.1. The summed E-state index contributed by atoms with van der Waals surface area (Å²) in [6, 6.07) is 0. The Balaban J connectivity index is 0.000000444. The topological polar surface area (TPSA) is 0 Å². The molecule has 0 bridgehead atoms. The summed E-state index contributed by atoms with van der Waals surface area (Å²) >= 11 is 0. The summed E-state index contributed by atoms with van der Waals surface area (Å²) in [6.45, 7) is 64.2. The molecule has 0 aromatic rings. The van der Waals surface area contributed by atoms with Crippen molar-refractivity contribution in [2.24, 2.45) is 88.3 Å². The van der Waals surface area contributed by atoms with Gasteiger partial charge in [0.05, 0.1) is 0 Å². The molecule has 0 N–H and O–H groups in total. The maximum atomic E-state index is 13.1. The normalized spacial score (nSPS) is 21.4. The summed E-state index contributed by atoms with van der Waals surface area (Å²) in [7, 11) is 0. The Bertz CT molecular complexity index is 1710. The third-order valence-electron chi connectivity index (χ3n) is 17.7. The van der Waals surface area contributed by atoms with Crippen LogP contribution in [-0.4, -0.2) is 5.92 Å². The van der Waals surface area contributed by atoms with Crippen molar-refractivity contribution in [1.29, 1.82) is 0 Å². The average molecular weight is 1030 g/mol. The zero-order valence-electron chi connectivity index (χ0n) is 55.2. The fourth-order valence-electron chi connectivity index (χ4n) is 13.6. The van der Waals surface area contributed by atoms with E-state index in [1.807, 2.05) is 27.7 Å². The van der Waals surface area contributed by atoms with Crippen molar-refractivity contribution >= 4 is 0 Å². The average Bonchev–Trinajstić information content (AvgIpc) is 4.09. The van der Waals surface area contributed by atoms with Crippen LogP contribution in [0, 0.1) is 88.3 Å². The van der Waals surface area contributed by atoms with Gasteiger partial charge in [0, 0.05) is 12.8 Å². The first kappa shape index (κ1) is 70.3. The van der Waals surface area contributed by atoms with Gasteiger partial charge in [-0.3, -0.25) is 0 Å². The van der Waals surface area contributed by atoms with Crippen LogP contribution in [0.3, 0.4) is 0 Å². The first-order valence-electron chi connectivity index (χ1n) is 31.6. The Labute approximate surface area is 464 Å². The molecule has 0 aromatic carbocycles. The van der Waals surface area contributed by atoms with Crippen molar-refractivity contribution in [3.63, 3.8) is 0 Å². The summed E-state index contributed by atoms with van der Waals surface area (Å²) in [5.74, 6) is 7.59. The van der Waals surface area contributed by atoms with E-state index in [-0.39, 0.29) is 24.7 Å². The van der Waals surface area contributed by atoms with Crippen LogP contribution in [0.2, 0.25) is 0 Å². The standard InChI is InChI=1S/2C13H24.2C12H22.C11H18F2.C11H20/c1-9(2)11-7-13(5,6)8-12(11)10(3)4;1-9(2)12-7-6-11(5)8-13(12)10(3)4;1-8(2)11-6-10(5)7-12(11)9(3)4;1-9(2)11-7-5-6-8-12(11)10(3)4;1-7(2)9-5-11(12,13)6-10(9)8(3)4;1-8(2)10-6-5-7-11(10)9(3)4/h9-10H,7-8H2,1-6H3;9-11H,6-8H2,1-5H3;8-10H,6-7H2,1-5H3;9-10H,5-8H2,1-4H3;7-8H,5-6H2,1-4H3;8-9H,5-7H2,1-4H3. The van der Waals surface area contributed by atoms with Crippen LogP contribution in [-0.2, 0) is 0 Å². The molecule has 0 saturated heterocycles. The van der Waals surface area contributed by atoms with Gasteiger partial charge in [-0.05, 0) is 178 Å². The Morgan fingerprint density at radius 2 is 0.500 bits per heavy atom. The molecule has 0 saturated carbocycles. The van der Waals surface area contributed by atoms with Crippen LogP contribution in [0.1, 0.15) is 297 Å². The number of halogens is 2. The number of alkyl halides is 2. The van der Waals surface area contributed by atoms with Gasteiger partial charge in [0.2, 0.25) is 0 Å². The number of allylic oxidation sites excluding steroid dienone is 12. The van der Waals surface area contributed by atoms with Gasteiger partial charge in [0.1, 0.15) is 0 Å². The van der Waals surface area contributed by atoms with Crippen molar-refractivity contribution in [1.82, 2.24) is 0 Å². The second-order valence-corrected chi connectivity index (χ2v) is 29.3. The Morgan fingerprint density at radius 1 is 0.284 bits per heavy atom. The number of rotatable bonds is 12. The van der Waals surface area contributed by atoms with E-state index in [2.05, 4.69) is 166 Å². The number of hydrogen-bond acceptors (Lipinski definition) is 0. The third kappa shape index (κ3) is 23.3. The highest BCUT2D eigenvalue weighted by molar-refractivity contribution is 5.29. The van der Waals surface area contributed by atoms with Crippen LogP contribution in [0.4, 0.5) is 8.78 Å². The Kier molecular flexibility index (Phi) is 30.8. The van der Waals surface area contributed by atoms with E-state index < -0.39 is 5.92 Å². The minimum atomic E-state index is -2.47. The van der Waals surface area contributed by atoms with E-state index in [0.29, 0.717) is 5.41 Å². The van der Waals surface area contributed by atoms with Crippen molar-refractivity contribution < 1.29 is 8.78 Å². The Morgan fingerprint density at radius 3 is 0.770 bits per heavy atom. The van der Waals surface area contributed by atoms with Gasteiger partial charge in [-0.1, -0.05) is 261 Å². The zero-order valence-corrected chi connectivity index (χ0v) is 55.2. The van der Waals surface area contributed by atoms with Gasteiger partial charge >= 0.3 is 0 Å². The van der Waals surface area contributed by atoms with E-state index in [1.54, 1.807) is 55.7 Å². The highest BCUT2D eigenvalue weighted by Gasteiger charge is 2.40. The molecule has 0 aromatic heterocycles. The highest BCUT2D eigenvalue weighted by Crippen LogP contribution is 2.47. The molecule has 0 aliphatic heterocycles.